The van der Waals surface area contributed by atoms with Crippen LogP contribution in [0.15, 0.2) is 42.7 Å². The van der Waals surface area contributed by atoms with Gasteiger partial charge in [-0.1, -0.05) is 18.2 Å². The number of carbonyl (C=O) groups excluding carboxylic acids is 1. The van der Waals surface area contributed by atoms with Gasteiger partial charge >= 0.3 is 0 Å². The first-order valence-electron chi connectivity index (χ1n) is 6.68. The minimum absolute atomic E-state index is 0.733. The van der Waals surface area contributed by atoms with Crippen LogP contribution in [0.3, 0.4) is 0 Å². The maximum atomic E-state index is 11.4. The second-order valence-electron chi connectivity index (χ2n) is 4.94. The molecule has 0 aliphatic carbocycles. The Bertz CT molecular complexity index is 712. The SMILES string of the molecule is CN(CCc1cc[nH]c1)c1[nH]c2ccccc2c1C=O. The molecule has 2 heterocycles. The number of aromatic amines is 2. The Labute approximate surface area is 117 Å². The number of para-hydroxylation sites is 1. The molecule has 2 N–H and O–H groups in total. The van der Waals surface area contributed by atoms with Gasteiger partial charge in [-0.15, -0.1) is 0 Å². The van der Waals surface area contributed by atoms with Crippen LogP contribution >= 0.6 is 0 Å². The predicted octanol–water partition coefficient (Wildman–Crippen LogP) is 2.99. The number of rotatable bonds is 5. The van der Waals surface area contributed by atoms with Crippen molar-refractivity contribution in [3.8, 4) is 0 Å². The molecule has 0 bridgehead atoms. The van der Waals surface area contributed by atoms with Gasteiger partial charge in [-0.3, -0.25) is 4.79 Å². The zero-order valence-corrected chi connectivity index (χ0v) is 11.4. The lowest BCUT2D eigenvalue weighted by atomic mass is 10.1. The standard InChI is InChI=1S/C16H17N3O/c1-19(9-7-12-6-8-17-10-12)16-14(11-20)13-4-2-3-5-15(13)18-16/h2-6,8,10-11,17-18H,7,9H2,1H3. The summed E-state index contributed by atoms with van der Waals surface area (Å²) in [6.45, 7) is 0.853. The third-order valence-electron chi connectivity index (χ3n) is 3.62. The molecule has 102 valence electrons. The van der Waals surface area contributed by atoms with Crippen LogP contribution in [0.5, 0.6) is 0 Å². The van der Waals surface area contributed by atoms with Gasteiger partial charge in [0, 0.05) is 36.9 Å². The summed E-state index contributed by atoms with van der Waals surface area (Å²) in [6.07, 6.45) is 5.80. The number of carbonyl (C=O) groups is 1. The molecule has 0 atom stereocenters. The highest BCUT2D eigenvalue weighted by Gasteiger charge is 2.13. The lowest BCUT2D eigenvalue weighted by Crippen LogP contribution is -2.21. The van der Waals surface area contributed by atoms with E-state index in [1.165, 1.54) is 5.56 Å². The third kappa shape index (κ3) is 2.20. The van der Waals surface area contributed by atoms with Crippen molar-refractivity contribution in [3.63, 3.8) is 0 Å². The maximum Gasteiger partial charge on any atom is 0.154 e. The molecule has 0 fully saturated rings. The molecule has 0 spiro atoms. The Hall–Kier alpha value is -2.49. The predicted molar refractivity (Wildman–Crippen MR) is 81.5 cm³/mol. The topological polar surface area (TPSA) is 51.9 Å². The first-order chi connectivity index (χ1) is 9.79. The number of H-pyrrole nitrogens is 2. The summed E-state index contributed by atoms with van der Waals surface area (Å²) in [6, 6.07) is 9.95. The molecular formula is C16H17N3O. The Morgan fingerprint density at radius 1 is 1.25 bits per heavy atom. The monoisotopic (exact) mass is 267 g/mol. The summed E-state index contributed by atoms with van der Waals surface area (Å²) in [5, 5.41) is 0.978. The number of aldehydes is 1. The summed E-state index contributed by atoms with van der Waals surface area (Å²) in [5.41, 5.74) is 3.00. The number of likely N-dealkylation sites (N-methyl/N-ethyl adjacent to an activating group) is 1. The number of hydrogen-bond donors (Lipinski definition) is 2. The van der Waals surface area contributed by atoms with E-state index in [4.69, 9.17) is 0 Å². The zero-order valence-electron chi connectivity index (χ0n) is 11.4. The fourth-order valence-electron chi connectivity index (χ4n) is 2.49. The van der Waals surface area contributed by atoms with Gasteiger partial charge in [-0.05, 0) is 24.1 Å². The molecule has 3 aromatic rings. The van der Waals surface area contributed by atoms with Crippen LogP contribution in [0.2, 0.25) is 0 Å². The van der Waals surface area contributed by atoms with Gasteiger partial charge in [0.15, 0.2) is 6.29 Å². The Balaban J connectivity index is 1.87. The molecule has 4 heteroatoms. The Morgan fingerprint density at radius 2 is 2.10 bits per heavy atom. The van der Waals surface area contributed by atoms with E-state index >= 15 is 0 Å². The van der Waals surface area contributed by atoms with Crippen molar-refractivity contribution < 1.29 is 4.79 Å². The van der Waals surface area contributed by atoms with Gasteiger partial charge in [0.05, 0.1) is 5.56 Å². The number of anilines is 1. The fourth-order valence-corrected chi connectivity index (χ4v) is 2.49. The van der Waals surface area contributed by atoms with E-state index in [1.54, 1.807) is 0 Å². The van der Waals surface area contributed by atoms with Crippen LogP contribution in [0.1, 0.15) is 15.9 Å². The van der Waals surface area contributed by atoms with Crippen LogP contribution in [-0.2, 0) is 6.42 Å². The number of benzene rings is 1. The highest BCUT2D eigenvalue weighted by Crippen LogP contribution is 2.26. The molecule has 4 nitrogen and oxygen atoms in total. The van der Waals surface area contributed by atoms with Gasteiger partial charge < -0.3 is 14.9 Å². The number of fused-ring (bicyclic) bond motifs is 1. The average Bonchev–Trinajstić information content (AvgIpc) is 3.11. The van der Waals surface area contributed by atoms with Crippen molar-refractivity contribution in [1.29, 1.82) is 0 Å². The van der Waals surface area contributed by atoms with Gasteiger partial charge in [-0.25, -0.2) is 0 Å². The molecule has 3 rings (SSSR count). The third-order valence-corrected chi connectivity index (χ3v) is 3.62. The average molecular weight is 267 g/mol. The lowest BCUT2D eigenvalue weighted by molar-refractivity contribution is 0.112. The van der Waals surface area contributed by atoms with E-state index in [9.17, 15) is 4.79 Å². The van der Waals surface area contributed by atoms with Crippen molar-refractivity contribution >= 4 is 23.0 Å². The van der Waals surface area contributed by atoms with Gasteiger partial charge in [0.1, 0.15) is 5.82 Å². The highest BCUT2D eigenvalue weighted by atomic mass is 16.1. The maximum absolute atomic E-state index is 11.4. The summed E-state index contributed by atoms with van der Waals surface area (Å²) in [7, 11) is 2.00. The Kier molecular flexibility index (Phi) is 3.29. The molecule has 0 aliphatic rings. The number of nitrogens with zero attached hydrogens (tertiary/aromatic N) is 1. The molecule has 0 aliphatic heterocycles. The molecule has 2 aromatic heterocycles. The van der Waals surface area contributed by atoms with E-state index in [-0.39, 0.29) is 0 Å². The van der Waals surface area contributed by atoms with E-state index in [0.29, 0.717) is 0 Å². The molecule has 0 unspecified atom stereocenters. The van der Waals surface area contributed by atoms with Crippen molar-refractivity contribution in [3.05, 3.63) is 53.9 Å². The summed E-state index contributed by atoms with van der Waals surface area (Å²) >= 11 is 0. The second kappa shape index (κ2) is 5.25. The van der Waals surface area contributed by atoms with Crippen LogP contribution < -0.4 is 4.90 Å². The van der Waals surface area contributed by atoms with E-state index in [1.807, 2.05) is 43.7 Å². The Morgan fingerprint density at radius 3 is 2.85 bits per heavy atom. The van der Waals surface area contributed by atoms with Gasteiger partial charge in [-0.2, -0.15) is 0 Å². The minimum atomic E-state index is 0.733. The van der Waals surface area contributed by atoms with Crippen molar-refractivity contribution in [2.45, 2.75) is 6.42 Å². The molecule has 0 saturated carbocycles. The van der Waals surface area contributed by atoms with Gasteiger partial charge in [0.25, 0.3) is 0 Å². The van der Waals surface area contributed by atoms with E-state index in [0.717, 1.165) is 41.5 Å². The van der Waals surface area contributed by atoms with Crippen LogP contribution in [0.4, 0.5) is 5.82 Å². The number of hydrogen-bond acceptors (Lipinski definition) is 2. The zero-order chi connectivity index (χ0) is 13.9. The minimum Gasteiger partial charge on any atom is -0.367 e. The normalized spacial score (nSPS) is 10.8. The van der Waals surface area contributed by atoms with Crippen LogP contribution in [0.25, 0.3) is 10.9 Å². The molecule has 1 aromatic carbocycles. The quantitative estimate of drug-likeness (QED) is 0.698. The highest BCUT2D eigenvalue weighted by molar-refractivity contribution is 6.03. The first kappa shape index (κ1) is 12.5. The van der Waals surface area contributed by atoms with Crippen molar-refractivity contribution in [2.75, 3.05) is 18.5 Å². The summed E-state index contributed by atoms with van der Waals surface area (Å²) in [4.78, 5) is 19.9. The fraction of sp³-hybridized carbons (Fsp3) is 0.188. The molecule has 0 radical (unpaired) electrons. The number of aromatic nitrogens is 2. The van der Waals surface area contributed by atoms with E-state index in [2.05, 4.69) is 20.9 Å². The summed E-state index contributed by atoms with van der Waals surface area (Å²) < 4.78 is 0. The molecular weight excluding hydrogens is 250 g/mol. The van der Waals surface area contributed by atoms with Crippen molar-refractivity contribution in [2.24, 2.45) is 0 Å². The van der Waals surface area contributed by atoms with E-state index < -0.39 is 0 Å². The molecule has 20 heavy (non-hydrogen) atoms. The largest absolute Gasteiger partial charge is 0.367 e. The molecule has 0 saturated heterocycles. The van der Waals surface area contributed by atoms with Crippen LogP contribution in [0, 0.1) is 0 Å². The van der Waals surface area contributed by atoms with Gasteiger partial charge in [0.2, 0.25) is 0 Å². The van der Waals surface area contributed by atoms with Crippen LogP contribution in [-0.4, -0.2) is 29.8 Å². The first-order valence-corrected chi connectivity index (χ1v) is 6.68. The summed E-state index contributed by atoms with van der Waals surface area (Å²) in [5.74, 6) is 0.886. The lowest BCUT2D eigenvalue weighted by Gasteiger charge is -2.17. The smallest absolute Gasteiger partial charge is 0.154 e. The van der Waals surface area contributed by atoms with Crippen molar-refractivity contribution in [1.82, 2.24) is 9.97 Å². The second-order valence-corrected chi connectivity index (χ2v) is 4.94. The molecule has 0 amide bonds. The number of nitrogens with one attached hydrogen (secondary N) is 2.